The van der Waals surface area contributed by atoms with Gasteiger partial charge in [-0.25, -0.2) is 9.59 Å². The number of benzene rings is 2. The van der Waals surface area contributed by atoms with Crippen LogP contribution in [0.5, 0.6) is 5.75 Å². The fourth-order valence-electron chi connectivity index (χ4n) is 4.04. The van der Waals surface area contributed by atoms with E-state index in [1.807, 2.05) is 6.92 Å². The van der Waals surface area contributed by atoms with E-state index >= 15 is 0 Å². The summed E-state index contributed by atoms with van der Waals surface area (Å²) in [5.74, 6) is -3.12. The van der Waals surface area contributed by atoms with Crippen LogP contribution in [-0.2, 0) is 35.0 Å². The van der Waals surface area contributed by atoms with Crippen LogP contribution < -0.4 is 10.1 Å². The van der Waals surface area contributed by atoms with E-state index in [4.69, 9.17) is 13.7 Å². The molecular formula is C28H35NO10S. The number of rotatable bonds is 12. The second-order valence-corrected chi connectivity index (χ2v) is 12.4. The SMILES string of the molecule is Cc1ccc(S(=O)(=O)OC2CC(Oc3ccc(C[C@@H](C[C@@H](NC(=O)OC(C)(C)C)C(=O)O)C(=O)O)cc3)C2)cc1. The Kier molecular flexibility index (Phi) is 9.80. The number of amides is 1. The monoisotopic (exact) mass is 577 g/mol. The van der Waals surface area contributed by atoms with Crippen molar-refractivity contribution >= 4 is 28.1 Å². The molecule has 0 saturated heterocycles. The molecule has 0 spiro atoms. The molecule has 0 aromatic heterocycles. The lowest BCUT2D eigenvalue weighted by Crippen LogP contribution is -2.45. The number of hydrogen-bond acceptors (Lipinski definition) is 8. The van der Waals surface area contributed by atoms with Crippen molar-refractivity contribution in [2.45, 2.75) is 82.1 Å². The largest absolute Gasteiger partial charge is 0.490 e. The van der Waals surface area contributed by atoms with Crippen molar-refractivity contribution in [1.82, 2.24) is 5.32 Å². The van der Waals surface area contributed by atoms with Crippen LogP contribution in [0.4, 0.5) is 4.79 Å². The van der Waals surface area contributed by atoms with Gasteiger partial charge in [0.05, 0.1) is 16.9 Å². The zero-order valence-corrected chi connectivity index (χ0v) is 23.6. The van der Waals surface area contributed by atoms with Crippen molar-refractivity contribution in [2.75, 3.05) is 0 Å². The highest BCUT2D eigenvalue weighted by Gasteiger charge is 2.36. The van der Waals surface area contributed by atoms with Gasteiger partial charge in [0.25, 0.3) is 10.1 Å². The molecule has 0 heterocycles. The summed E-state index contributed by atoms with van der Waals surface area (Å²) in [6.45, 7) is 6.75. The molecule has 12 heteroatoms. The Balaban J connectivity index is 1.51. The third kappa shape index (κ3) is 9.23. The van der Waals surface area contributed by atoms with Crippen molar-refractivity contribution in [2.24, 2.45) is 5.92 Å². The normalized spacial score (nSPS) is 18.6. The molecule has 218 valence electrons. The first-order valence-corrected chi connectivity index (χ1v) is 14.2. The summed E-state index contributed by atoms with van der Waals surface area (Å²) in [4.78, 5) is 35.6. The number of alkyl carbamates (subject to hydrolysis) is 1. The smallest absolute Gasteiger partial charge is 0.408 e. The second kappa shape index (κ2) is 12.7. The first-order valence-electron chi connectivity index (χ1n) is 12.8. The maximum absolute atomic E-state index is 12.4. The zero-order chi connectivity index (χ0) is 29.7. The van der Waals surface area contributed by atoms with Gasteiger partial charge in [-0.2, -0.15) is 8.42 Å². The van der Waals surface area contributed by atoms with E-state index in [2.05, 4.69) is 5.32 Å². The number of carboxylic acids is 2. The first kappa shape index (κ1) is 30.9. The van der Waals surface area contributed by atoms with E-state index in [1.165, 1.54) is 12.1 Å². The quantitative estimate of drug-likeness (QED) is 0.315. The van der Waals surface area contributed by atoms with Crippen molar-refractivity contribution in [3.8, 4) is 5.75 Å². The lowest BCUT2D eigenvalue weighted by Gasteiger charge is -2.34. The van der Waals surface area contributed by atoms with Gasteiger partial charge in [0.15, 0.2) is 0 Å². The van der Waals surface area contributed by atoms with Gasteiger partial charge < -0.3 is 25.0 Å². The van der Waals surface area contributed by atoms with E-state index < -0.39 is 51.8 Å². The minimum Gasteiger partial charge on any atom is -0.490 e. The molecule has 40 heavy (non-hydrogen) atoms. The molecule has 11 nitrogen and oxygen atoms in total. The molecule has 1 fully saturated rings. The van der Waals surface area contributed by atoms with Crippen LogP contribution in [0, 0.1) is 12.8 Å². The first-order chi connectivity index (χ1) is 18.6. The standard InChI is InChI=1S/C28H35NO10S/c1-17-5-11-23(12-6-17)40(35,36)39-22-15-21(16-22)37-20-9-7-18(8-10-20)13-19(25(30)31)14-24(26(32)33)29-27(34)38-28(2,3)4/h5-12,19,21-22,24H,13-16H2,1-4H3,(H,29,34)(H,30,31)(H,32,33)/t19-,21?,22?,24+/m0/s1. The molecular weight excluding hydrogens is 542 g/mol. The van der Waals surface area contributed by atoms with Gasteiger partial charge in [-0.05, 0) is 70.4 Å². The minimum atomic E-state index is -3.86. The topological polar surface area (TPSA) is 166 Å². The van der Waals surface area contributed by atoms with Crippen LogP contribution in [0.25, 0.3) is 0 Å². The molecule has 0 radical (unpaired) electrons. The zero-order valence-electron chi connectivity index (χ0n) is 22.8. The molecule has 3 N–H and O–H groups in total. The van der Waals surface area contributed by atoms with Gasteiger partial charge in [-0.1, -0.05) is 29.8 Å². The van der Waals surface area contributed by atoms with E-state index in [0.717, 1.165) is 5.56 Å². The summed E-state index contributed by atoms with van der Waals surface area (Å²) in [6.07, 6.45) is -1.16. The molecule has 1 aliphatic carbocycles. The molecule has 3 rings (SSSR count). The number of ether oxygens (including phenoxy) is 2. The second-order valence-electron chi connectivity index (χ2n) is 10.9. The summed E-state index contributed by atoms with van der Waals surface area (Å²) < 4.78 is 41.1. The number of aryl methyl sites for hydroxylation is 1. The van der Waals surface area contributed by atoms with Crippen LogP contribution in [0.15, 0.2) is 53.4 Å². The van der Waals surface area contributed by atoms with Gasteiger partial charge in [0, 0.05) is 12.8 Å². The fourth-order valence-corrected chi connectivity index (χ4v) is 5.14. The minimum absolute atomic E-state index is 0.0333. The van der Waals surface area contributed by atoms with Gasteiger partial charge in [-0.15, -0.1) is 0 Å². The van der Waals surface area contributed by atoms with Crippen LogP contribution in [0.3, 0.4) is 0 Å². The van der Waals surface area contributed by atoms with Crippen molar-refractivity contribution < 1.29 is 46.7 Å². The Morgan fingerprint density at radius 3 is 2.08 bits per heavy atom. The van der Waals surface area contributed by atoms with E-state index in [1.54, 1.807) is 57.2 Å². The molecule has 2 atom stereocenters. The summed E-state index contributed by atoms with van der Waals surface area (Å²) in [7, 11) is -3.86. The van der Waals surface area contributed by atoms with Gasteiger partial charge in [-0.3, -0.25) is 8.98 Å². The number of nitrogens with one attached hydrogen (secondary N) is 1. The number of aliphatic carboxylic acids is 2. The Morgan fingerprint density at radius 1 is 0.950 bits per heavy atom. The van der Waals surface area contributed by atoms with Crippen LogP contribution in [-0.4, -0.2) is 60.5 Å². The number of carboxylic acid groups (broad SMARTS) is 2. The number of carbonyl (C=O) groups is 3. The lowest BCUT2D eigenvalue weighted by molar-refractivity contribution is -0.144. The van der Waals surface area contributed by atoms with Crippen molar-refractivity contribution in [3.63, 3.8) is 0 Å². The van der Waals surface area contributed by atoms with E-state index in [0.29, 0.717) is 24.2 Å². The molecule has 1 aliphatic rings. The maximum atomic E-state index is 12.4. The molecule has 0 bridgehead atoms. The molecule has 0 aliphatic heterocycles. The molecule has 0 unspecified atom stereocenters. The van der Waals surface area contributed by atoms with Crippen molar-refractivity contribution in [3.05, 3.63) is 59.7 Å². The van der Waals surface area contributed by atoms with E-state index in [-0.39, 0.29) is 23.8 Å². The molecule has 1 amide bonds. The molecule has 2 aromatic carbocycles. The van der Waals surface area contributed by atoms with Gasteiger partial charge in [0.1, 0.15) is 23.5 Å². The Bertz CT molecular complexity index is 1290. The average molecular weight is 578 g/mol. The Morgan fingerprint density at radius 2 is 1.55 bits per heavy atom. The predicted octanol–water partition coefficient (Wildman–Crippen LogP) is 3.92. The number of hydrogen-bond donors (Lipinski definition) is 3. The third-order valence-corrected chi connectivity index (χ3v) is 7.57. The molecule has 2 aromatic rings. The summed E-state index contributed by atoms with van der Waals surface area (Å²) in [5, 5.41) is 21.4. The third-order valence-electron chi connectivity index (χ3n) is 6.19. The van der Waals surface area contributed by atoms with Crippen LogP contribution >= 0.6 is 0 Å². The van der Waals surface area contributed by atoms with Gasteiger partial charge in [0.2, 0.25) is 0 Å². The fraction of sp³-hybridized carbons (Fsp3) is 0.464. The average Bonchev–Trinajstić information content (AvgIpc) is 2.81. The summed E-state index contributed by atoms with van der Waals surface area (Å²) in [5.41, 5.74) is 0.746. The highest BCUT2D eigenvalue weighted by Crippen LogP contribution is 2.31. The summed E-state index contributed by atoms with van der Waals surface area (Å²) >= 11 is 0. The summed E-state index contributed by atoms with van der Waals surface area (Å²) in [6, 6.07) is 11.7. The Hall–Kier alpha value is -3.64. The highest BCUT2D eigenvalue weighted by molar-refractivity contribution is 7.86. The molecule has 1 saturated carbocycles. The predicted molar refractivity (Wildman–Crippen MR) is 144 cm³/mol. The van der Waals surface area contributed by atoms with Gasteiger partial charge >= 0.3 is 18.0 Å². The van der Waals surface area contributed by atoms with E-state index in [9.17, 15) is 33.0 Å². The Labute approximate surface area is 233 Å². The van der Waals surface area contributed by atoms with Crippen molar-refractivity contribution in [1.29, 1.82) is 0 Å². The van der Waals surface area contributed by atoms with Crippen LogP contribution in [0.2, 0.25) is 0 Å². The lowest BCUT2D eigenvalue weighted by atomic mass is 9.92. The maximum Gasteiger partial charge on any atom is 0.408 e. The number of carbonyl (C=O) groups excluding carboxylic acids is 1. The highest BCUT2D eigenvalue weighted by atomic mass is 32.2. The van der Waals surface area contributed by atoms with Crippen LogP contribution in [0.1, 0.15) is 51.2 Å².